The van der Waals surface area contributed by atoms with Gasteiger partial charge in [-0.15, -0.1) is 5.10 Å². The summed E-state index contributed by atoms with van der Waals surface area (Å²) in [6.07, 6.45) is 3.23. The molecule has 0 atom stereocenters. The number of carbonyl (C=O) groups excluding carboxylic acids is 1. The summed E-state index contributed by atoms with van der Waals surface area (Å²) in [7, 11) is 0. The van der Waals surface area contributed by atoms with Crippen LogP contribution in [0.1, 0.15) is 6.42 Å². The van der Waals surface area contributed by atoms with Crippen molar-refractivity contribution in [3.8, 4) is 0 Å². The number of hydrogen-bond acceptors (Lipinski definition) is 6. The van der Waals surface area contributed by atoms with Crippen molar-refractivity contribution in [3.05, 3.63) is 12.4 Å². The number of nitrogens with one attached hydrogen (secondary N) is 1. The summed E-state index contributed by atoms with van der Waals surface area (Å²) in [4.78, 5) is 11.5. The number of nitrogens with zero attached hydrogens (tertiary/aromatic N) is 3. The van der Waals surface area contributed by atoms with Gasteiger partial charge in [0.2, 0.25) is 5.91 Å². The van der Waals surface area contributed by atoms with Crippen molar-refractivity contribution in [1.29, 1.82) is 0 Å². The minimum absolute atomic E-state index is 0.116. The Labute approximate surface area is 97.9 Å². The molecule has 1 aromatic heterocycles. The van der Waals surface area contributed by atoms with Crippen LogP contribution in [0.4, 0.5) is 0 Å². The molecule has 0 bridgehead atoms. The van der Waals surface area contributed by atoms with Gasteiger partial charge in [0.15, 0.2) is 0 Å². The van der Waals surface area contributed by atoms with E-state index in [4.69, 9.17) is 15.3 Å². The second-order valence-electron chi connectivity index (χ2n) is 3.72. The fourth-order valence-corrected chi connectivity index (χ4v) is 1.19. The molecule has 0 aliphatic rings. The maximum absolute atomic E-state index is 11.5. The molecule has 1 rings (SSSR count). The second kappa shape index (κ2) is 6.28. The first-order chi connectivity index (χ1) is 8.15. The van der Waals surface area contributed by atoms with Crippen LogP contribution in [0.3, 0.4) is 0 Å². The third-order valence-corrected chi connectivity index (χ3v) is 2.35. The number of amides is 1. The average Bonchev–Trinajstić information content (AvgIpc) is 2.87. The van der Waals surface area contributed by atoms with Crippen molar-refractivity contribution >= 4 is 5.91 Å². The van der Waals surface area contributed by atoms with Gasteiger partial charge < -0.3 is 20.6 Å². The highest BCUT2D eigenvalue weighted by molar-refractivity contribution is 5.76. The topological polar surface area (TPSA) is 121 Å². The van der Waals surface area contributed by atoms with Crippen molar-refractivity contribution < 1.29 is 20.1 Å². The molecule has 0 unspecified atom stereocenters. The second-order valence-corrected chi connectivity index (χ2v) is 3.72. The van der Waals surface area contributed by atoms with E-state index < -0.39 is 31.3 Å². The molecule has 0 aromatic carbocycles. The van der Waals surface area contributed by atoms with Crippen LogP contribution in [-0.2, 0) is 11.3 Å². The minimum Gasteiger partial charge on any atom is -0.394 e. The molecule has 0 saturated heterocycles. The van der Waals surface area contributed by atoms with Crippen molar-refractivity contribution in [2.45, 2.75) is 18.5 Å². The van der Waals surface area contributed by atoms with Gasteiger partial charge in [0.1, 0.15) is 5.54 Å². The number of rotatable bonds is 7. The molecule has 0 aliphatic carbocycles. The number of aliphatic hydroxyl groups is 3. The first kappa shape index (κ1) is 13.6. The van der Waals surface area contributed by atoms with Crippen molar-refractivity contribution in [2.24, 2.45) is 0 Å². The Morgan fingerprint density at radius 1 is 1.29 bits per heavy atom. The maximum Gasteiger partial charge on any atom is 0.222 e. The van der Waals surface area contributed by atoms with E-state index in [9.17, 15) is 4.79 Å². The summed E-state index contributed by atoms with van der Waals surface area (Å²) in [6, 6.07) is 0. The number of hydrogen-bond donors (Lipinski definition) is 4. The van der Waals surface area contributed by atoms with Crippen LogP contribution >= 0.6 is 0 Å². The summed E-state index contributed by atoms with van der Waals surface area (Å²) in [5.74, 6) is -0.391. The Balaban J connectivity index is 2.42. The van der Waals surface area contributed by atoms with Gasteiger partial charge in [-0.1, -0.05) is 5.21 Å². The molecule has 0 fully saturated rings. The van der Waals surface area contributed by atoms with Crippen LogP contribution in [0.15, 0.2) is 12.4 Å². The lowest BCUT2D eigenvalue weighted by molar-refractivity contribution is -0.125. The summed E-state index contributed by atoms with van der Waals surface area (Å²) in [5, 5.41) is 36.7. The van der Waals surface area contributed by atoms with E-state index in [1.807, 2.05) is 0 Å². The van der Waals surface area contributed by atoms with E-state index in [1.54, 1.807) is 6.20 Å². The van der Waals surface area contributed by atoms with Crippen LogP contribution in [-0.4, -0.2) is 61.6 Å². The highest BCUT2D eigenvalue weighted by Gasteiger charge is 2.29. The lowest BCUT2D eigenvalue weighted by Crippen LogP contribution is -2.57. The first-order valence-electron chi connectivity index (χ1n) is 5.13. The van der Waals surface area contributed by atoms with Gasteiger partial charge in [-0.25, -0.2) is 0 Å². The predicted octanol–water partition coefficient (Wildman–Crippen LogP) is -2.50. The number of carbonyl (C=O) groups is 1. The summed E-state index contributed by atoms with van der Waals surface area (Å²) < 4.78 is 1.48. The number of aliphatic hydroxyl groups excluding tert-OH is 3. The van der Waals surface area contributed by atoms with Crippen molar-refractivity contribution in [3.63, 3.8) is 0 Å². The standard InChI is InChI=1S/C9H16N4O4/c14-5-9(6-15,7-16)11-8(17)1-3-13-4-2-10-12-13/h2,4,14-16H,1,3,5-7H2,(H,11,17). The monoisotopic (exact) mass is 244 g/mol. The summed E-state index contributed by atoms with van der Waals surface area (Å²) in [6.45, 7) is -1.26. The van der Waals surface area contributed by atoms with E-state index >= 15 is 0 Å². The van der Waals surface area contributed by atoms with Crippen molar-refractivity contribution in [2.75, 3.05) is 19.8 Å². The molecule has 1 heterocycles. The average molecular weight is 244 g/mol. The molecule has 17 heavy (non-hydrogen) atoms. The predicted molar refractivity (Wildman–Crippen MR) is 56.8 cm³/mol. The van der Waals surface area contributed by atoms with Gasteiger partial charge in [-0.05, 0) is 0 Å². The Hall–Kier alpha value is -1.51. The molecule has 1 amide bonds. The zero-order valence-electron chi connectivity index (χ0n) is 9.28. The summed E-state index contributed by atoms with van der Waals surface area (Å²) in [5.41, 5.74) is -1.38. The van der Waals surface area contributed by atoms with E-state index in [0.717, 1.165) is 0 Å². The van der Waals surface area contributed by atoms with Crippen LogP contribution in [0, 0.1) is 0 Å². The smallest absolute Gasteiger partial charge is 0.222 e. The number of aryl methyl sites for hydroxylation is 1. The Morgan fingerprint density at radius 2 is 1.94 bits per heavy atom. The lowest BCUT2D eigenvalue weighted by atomic mass is 10.0. The van der Waals surface area contributed by atoms with E-state index in [2.05, 4.69) is 15.6 Å². The third-order valence-electron chi connectivity index (χ3n) is 2.35. The van der Waals surface area contributed by atoms with Crippen LogP contribution < -0.4 is 5.32 Å². The highest BCUT2D eigenvalue weighted by Crippen LogP contribution is 2.02. The quantitative estimate of drug-likeness (QED) is 0.421. The molecule has 8 heteroatoms. The van der Waals surface area contributed by atoms with Crippen LogP contribution in [0.25, 0.3) is 0 Å². The molecular formula is C9H16N4O4. The first-order valence-corrected chi connectivity index (χ1v) is 5.13. The highest BCUT2D eigenvalue weighted by atomic mass is 16.3. The molecule has 0 spiro atoms. The molecule has 4 N–H and O–H groups in total. The molecule has 8 nitrogen and oxygen atoms in total. The van der Waals surface area contributed by atoms with E-state index in [0.29, 0.717) is 6.54 Å². The lowest BCUT2D eigenvalue weighted by Gasteiger charge is -2.28. The van der Waals surface area contributed by atoms with Gasteiger partial charge in [0.25, 0.3) is 0 Å². The zero-order valence-corrected chi connectivity index (χ0v) is 9.28. The minimum atomic E-state index is -1.38. The number of aromatic nitrogens is 3. The molecule has 0 saturated carbocycles. The Morgan fingerprint density at radius 3 is 2.41 bits per heavy atom. The molecule has 96 valence electrons. The van der Waals surface area contributed by atoms with Gasteiger partial charge in [-0.3, -0.25) is 9.48 Å². The molecule has 1 aromatic rings. The Bertz CT molecular complexity index is 329. The van der Waals surface area contributed by atoms with E-state index in [1.165, 1.54) is 10.9 Å². The van der Waals surface area contributed by atoms with Gasteiger partial charge in [0, 0.05) is 12.6 Å². The SMILES string of the molecule is O=C(CCn1ccnn1)NC(CO)(CO)CO. The van der Waals surface area contributed by atoms with E-state index in [-0.39, 0.29) is 6.42 Å². The fourth-order valence-electron chi connectivity index (χ4n) is 1.19. The largest absolute Gasteiger partial charge is 0.394 e. The molecular weight excluding hydrogens is 228 g/mol. The molecule has 0 aliphatic heterocycles. The van der Waals surface area contributed by atoms with Gasteiger partial charge in [0.05, 0.1) is 32.6 Å². The summed E-state index contributed by atoms with van der Waals surface area (Å²) >= 11 is 0. The Kier molecular flexibility index (Phi) is 5.01. The van der Waals surface area contributed by atoms with Crippen molar-refractivity contribution in [1.82, 2.24) is 20.3 Å². The third kappa shape index (κ3) is 3.77. The van der Waals surface area contributed by atoms with Gasteiger partial charge in [-0.2, -0.15) is 0 Å². The van der Waals surface area contributed by atoms with Crippen LogP contribution in [0.2, 0.25) is 0 Å². The molecule has 0 radical (unpaired) electrons. The van der Waals surface area contributed by atoms with Gasteiger partial charge >= 0.3 is 0 Å². The zero-order chi connectivity index (χ0) is 12.7. The fraction of sp³-hybridized carbons (Fsp3) is 0.667. The van der Waals surface area contributed by atoms with Crippen LogP contribution in [0.5, 0.6) is 0 Å². The maximum atomic E-state index is 11.5. The normalized spacial score (nSPS) is 11.5.